The van der Waals surface area contributed by atoms with Crippen LogP contribution >= 0.6 is 69.6 Å². The van der Waals surface area contributed by atoms with Crippen molar-refractivity contribution in [3.8, 4) is 0 Å². The minimum atomic E-state index is -2.98. The Bertz CT molecular complexity index is 4460. The lowest BCUT2D eigenvalue weighted by Crippen LogP contribution is -2.71. The zero-order chi connectivity index (χ0) is 87.1. The summed E-state index contributed by atoms with van der Waals surface area (Å²) in [4.78, 5) is 185. The molecule has 0 unspecified atom stereocenters. The maximum atomic E-state index is 15.5. The average molecular weight is 1800 g/mol. The number of nitrogens with zero attached hydrogens (tertiary/aromatic N) is 3. The van der Waals surface area contributed by atoms with Gasteiger partial charge in [-0.2, -0.15) is 0 Å². The normalized spacial score (nSPS) is 26.5. The molecule has 2 amide bonds. The van der Waals surface area contributed by atoms with E-state index in [0.717, 1.165) is 41.5 Å². The van der Waals surface area contributed by atoms with Crippen LogP contribution in [0.5, 0.6) is 0 Å². The van der Waals surface area contributed by atoms with Crippen molar-refractivity contribution in [3.05, 3.63) is 190 Å². The molecule has 0 aromatic heterocycles. The second-order valence-corrected chi connectivity index (χ2v) is 30.9. The first-order valence-corrected chi connectivity index (χ1v) is 38.5. The van der Waals surface area contributed by atoms with Crippen molar-refractivity contribution in [2.75, 3.05) is 39.6 Å². The lowest BCUT2D eigenvalue weighted by atomic mass is 9.94. The van der Waals surface area contributed by atoms with Gasteiger partial charge in [0, 0.05) is 53.0 Å². The van der Waals surface area contributed by atoms with E-state index >= 15 is 14.4 Å². The first kappa shape index (κ1) is 93.8. The SMILES string of the molecule is CC(=O)OC[C@H]1O[C@@H](OC[C@H]2O[C@@H](O[C@H]3[C@H](OC(=O)c4ccccc4)[C@@H](OC(=O)c4ccccc4)[C@H](OCCN=[N+]=[N-])O[C@@H]3COC(=O)c3ccccc3)[C@H](OC(=O)c3ccccc3)[C@@H](O[C@@H]3O[C@H](COC(C)=O)[C@@H](OC(C)=O)[C@H](OC(C)=O)[C@H]3NC(=O)C(Cl)(Cl)Cl)[C@H]2OC(=O)c2ccccc2)[C@H](NC(=O)C(Cl)(Cl)Cl)[C@@H](OC(C)=O)[C@@H]1OC(C)=O. The van der Waals surface area contributed by atoms with E-state index < -0.39 is 247 Å². The van der Waals surface area contributed by atoms with Crippen LogP contribution in [0.25, 0.3) is 10.4 Å². The predicted molar refractivity (Wildman–Crippen MR) is 410 cm³/mol. The topological polar surface area (TPSA) is 470 Å². The molecule has 4 fully saturated rings. The zero-order valence-corrected chi connectivity index (χ0v) is 68.4. The number of azide groups is 1. The van der Waals surface area contributed by atoms with Gasteiger partial charge in [-0.05, 0) is 66.2 Å². The molecule has 9 rings (SSSR count). The molecule has 43 heteroatoms. The summed E-state index contributed by atoms with van der Waals surface area (Å²) in [6.07, 6.45) is -39.3. The Labute approximate surface area is 712 Å². The summed E-state index contributed by atoms with van der Waals surface area (Å²) in [5, 5.41) is 8.25. The molecule has 4 aliphatic rings. The van der Waals surface area contributed by atoms with Gasteiger partial charge in [0.2, 0.25) is 0 Å². The highest BCUT2D eigenvalue weighted by Gasteiger charge is 2.62. The fraction of sp³-hybridized carbons (Fsp3) is 0.442. The molecular formula is C77H77Cl6N5O32. The number of alkyl halides is 6. The van der Waals surface area contributed by atoms with Gasteiger partial charge in [0.1, 0.15) is 68.5 Å². The number of amides is 2. The molecule has 120 heavy (non-hydrogen) atoms. The number of benzene rings is 5. The second-order valence-electron chi connectivity index (χ2n) is 26.3. The standard InChI is InChI=1S/C77H77Cl6N5O32/c1-38(89)103-34-49-55(107-40(3)91)59(109-42(5)93)53(86-74(100)76(78,79)80)70(111-49)106-37-52-57(115-66(96)45-24-14-8-15-25-45)62(120-71-54(87-75(101)77(81,82)83)60(110-43(6)94)56(108-41(4)92)50(112-71)35-104-39(2)90)64(118-69(99)48-30-20-11-21-31-48)73(114-52)119-58-51(36-105-65(95)44-22-12-7-13-23-44)113-72(102-33-32-85-88-84)63(117-68(98)47-28-18-10-19-29-47)61(58)116-67(97)46-26-16-9-17-27-46/h7-31,49-64,70-73H,32-37H2,1-6H3,(H,86,100)(H,87,101)/t49-,50-,51-,52-,53-,54-,55-,56-,57+,58-,59-,60-,61+,62+,63-,64-,70-,71+,72-,73+/m1/s1. The van der Waals surface area contributed by atoms with E-state index in [9.17, 15) is 53.5 Å². The van der Waals surface area contributed by atoms with E-state index in [1.165, 1.54) is 133 Å². The Morgan fingerprint density at radius 1 is 0.342 bits per heavy atom. The van der Waals surface area contributed by atoms with Crippen molar-refractivity contribution in [2.24, 2.45) is 5.11 Å². The van der Waals surface area contributed by atoms with Crippen molar-refractivity contribution in [1.29, 1.82) is 0 Å². The van der Waals surface area contributed by atoms with Crippen molar-refractivity contribution in [2.45, 2.75) is 172 Å². The summed E-state index contributed by atoms with van der Waals surface area (Å²) >= 11 is 37.3. The van der Waals surface area contributed by atoms with Crippen LogP contribution in [0.2, 0.25) is 0 Å². The third-order valence-electron chi connectivity index (χ3n) is 17.6. The molecule has 0 saturated carbocycles. The number of rotatable bonds is 32. The number of hydrogen-bond donors (Lipinski definition) is 2. The first-order valence-electron chi connectivity index (χ1n) is 36.2. The van der Waals surface area contributed by atoms with Gasteiger partial charge in [0.05, 0.1) is 41.0 Å². The Hall–Kier alpha value is -10.1. The molecule has 20 atom stereocenters. The van der Waals surface area contributed by atoms with Gasteiger partial charge in [0.25, 0.3) is 19.4 Å². The molecule has 4 saturated heterocycles. The number of carbonyl (C=O) groups excluding carboxylic acids is 13. The van der Waals surface area contributed by atoms with Crippen molar-refractivity contribution in [3.63, 3.8) is 0 Å². The number of carbonyl (C=O) groups is 13. The summed E-state index contributed by atoms with van der Waals surface area (Å²) < 4.78 is 113. The van der Waals surface area contributed by atoms with Crippen LogP contribution in [0.15, 0.2) is 157 Å². The van der Waals surface area contributed by atoms with Gasteiger partial charge in [0.15, 0.2) is 74.0 Å². The monoisotopic (exact) mass is 1790 g/mol. The summed E-state index contributed by atoms with van der Waals surface area (Å²) in [6.45, 7) is 0.519. The van der Waals surface area contributed by atoms with Gasteiger partial charge in [-0.3, -0.25) is 38.4 Å². The molecule has 644 valence electrons. The van der Waals surface area contributed by atoms with Gasteiger partial charge < -0.3 is 101 Å². The van der Waals surface area contributed by atoms with Gasteiger partial charge in [-0.1, -0.05) is 166 Å². The van der Waals surface area contributed by atoms with Gasteiger partial charge in [-0.25, -0.2) is 24.0 Å². The summed E-state index contributed by atoms with van der Waals surface area (Å²) in [5.41, 5.74) is 8.49. The van der Waals surface area contributed by atoms with Crippen LogP contribution in [0, 0.1) is 0 Å². The van der Waals surface area contributed by atoms with E-state index in [4.69, 9.17) is 160 Å². The highest BCUT2D eigenvalue weighted by atomic mass is 35.6. The third-order valence-corrected chi connectivity index (χ3v) is 18.7. The Kier molecular flexibility index (Phi) is 34.4. The molecule has 0 spiro atoms. The molecule has 0 radical (unpaired) electrons. The minimum absolute atomic E-state index is 0.0506. The largest absolute Gasteiger partial charge is 0.463 e. The van der Waals surface area contributed by atoms with Crippen molar-refractivity contribution < 1.29 is 152 Å². The third kappa shape index (κ3) is 26.5. The zero-order valence-electron chi connectivity index (χ0n) is 63.9. The predicted octanol–water partition coefficient (Wildman–Crippen LogP) is 7.32. The molecule has 0 aliphatic carbocycles. The molecule has 4 heterocycles. The minimum Gasteiger partial charge on any atom is -0.463 e. The van der Waals surface area contributed by atoms with Crippen molar-refractivity contribution in [1.82, 2.24) is 10.6 Å². The van der Waals surface area contributed by atoms with E-state index in [1.54, 1.807) is 18.2 Å². The second kappa shape index (κ2) is 44.0. The van der Waals surface area contributed by atoms with Crippen LogP contribution in [-0.4, -0.2) is 247 Å². The van der Waals surface area contributed by atoms with Gasteiger partial charge >= 0.3 is 65.7 Å². The number of halogens is 6. The molecule has 0 bridgehead atoms. The number of ether oxygens (including phenoxy) is 19. The van der Waals surface area contributed by atoms with E-state index in [1.807, 2.05) is 0 Å². The summed E-state index contributed by atoms with van der Waals surface area (Å²) in [6, 6.07) is 31.1. The lowest BCUT2D eigenvalue weighted by Gasteiger charge is -2.51. The number of hydrogen-bond acceptors (Lipinski definition) is 33. The fourth-order valence-corrected chi connectivity index (χ4v) is 12.9. The highest BCUT2D eigenvalue weighted by molar-refractivity contribution is 6.76. The average Bonchev–Trinajstić information content (AvgIpc) is 0.751. The van der Waals surface area contributed by atoms with Gasteiger partial charge in [-0.15, -0.1) is 0 Å². The molecule has 37 nitrogen and oxygen atoms in total. The number of esters is 11. The molecule has 2 N–H and O–H groups in total. The maximum absolute atomic E-state index is 15.5. The molecule has 5 aromatic carbocycles. The quantitative estimate of drug-likeness (QED) is 0.00809. The lowest BCUT2D eigenvalue weighted by molar-refractivity contribution is -0.376. The Morgan fingerprint density at radius 3 is 1.04 bits per heavy atom. The van der Waals surface area contributed by atoms with E-state index in [0.29, 0.717) is 0 Å². The van der Waals surface area contributed by atoms with Crippen LogP contribution < -0.4 is 10.6 Å². The highest BCUT2D eigenvalue weighted by Crippen LogP contribution is 2.41. The van der Waals surface area contributed by atoms with Crippen molar-refractivity contribution >= 4 is 147 Å². The maximum Gasteiger partial charge on any atom is 0.338 e. The fourth-order valence-electron chi connectivity index (χ4n) is 12.6. The van der Waals surface area contributed by atoms with E-state index in [-0.39, 0.29) is 27.8 Å². The number of nitrogens with one attached hydrogen (secondary N) is 2. The Morgan fingerprint density at radius 2 is 0.650 bits per heavy atom. The smallest absolute Gasteiger partial charge is 0.338 e. The molecule has 5 aromatic rings. The molecule has 4 aliphatic heterocycles. The van der Waals surface area contributed by atoms with Crippen LogP contribution in [0.4, 0.5) is 0 Å². The summed E-state index contributed by atoms with van der Waals surface area (Å²) in [5.74, 6) is -15.6. The summed E-state index contributed by atoms with van der Waals surface area (Å²) in [7, 11) is 0. The van der Waals surface area contributed by atoms with Crippen LogP contribution in [0.3, 0.4) is 0 Å². The molecular weight excluding hydrogens is 1720 g/mol. The first-order chi connectivity index (χ1) is 57.1. The van der Waals surface area contributed by atoms with Crippen LogP contribution in [0.1, 0.15) is 93.3 Å². The Balaban J connectivity index is 1.36. The van der Waals surface area contributed by atoms with Crippen LogP contribution in [-0.2, 0) is 128 Å². The van der Waals surface area contributed by atoms with E-state index in [2.05, 4.69) is 20.7 Å².